The number of rotatable bonds is 5. The minimum Gasteiger partial charge on any atom is -0.480 e. The molecule has 0 saturated carbocycles. The number of carbonyl (C=O) groups is 2. The van der Waals surface area contributed by atoms with Crippen LogP contribution in [0.5, 0.6) is 0 Å². The number of carbonyl (C=O) groups excluding carboxylic acids is 1. The number of aliphatic hydroxyl groups is 1. The topological polar surface area (TPSA) is 86.6 Å². The van der Waals surface area contributed by atoms with Crippen molar-refractivity contribution in [1.82, 2.24) is 5.32 Å². The number of hydrogen-bond acceptors (Lipinski definition) is 3. The lowest BCUT2D eigenvalue weighted by Crippen LogP contribution is -2.46. The number of aliphatic carboxylic acids is 1. The third-order valence-corrected chi connectivity index (χ3v) is 2.62. The molecule has 7 heteroatoms. The fourth-order valence-electron chi connectivity index (χ4n) is 1.33. The van der Waals surface area contributed by atoms with E-state index >= 15 is 0 Å². The maximum Gasteiger partial charge on any atom is 0.329 e. The lowest BCUT2D eigenvalue weighted by atomic mass is 10.0. The largest absolute Gasteiger partial charge is 0.480 e. The summed E-state index contributed by atoms with van der Waals surface area (Å²) in [6.07, 6.45) is -1.39. The predicted molar refractivity (Wildman–Crippen MR) is 66.5 cm³/mol. The number of hydrogen-bond donors (Lipinski definition) is 3. The van der Waals surface area contributed by atoms with Crippen molar-refractivity contribution in [3.05, 3.63) is 35.9 Å². The van der Waals surface area contributed by atoms with E-state index < -0.39 is 28.9 Å². The fraction of sp³-hybridized carbons (Fsp3) is 0.273. The quantitative estimate of drug-likeness (QED) is 0.709. The van der Waals surface area contributed by atoms with Gasteiger partial charge in [-0.25, -0.2) is 4.79 Å². The lowest BCUT2D eigenvalue weighted by molar-refractivity contribution is -0.145. The number of amides is 1. The summed E-state index contributed by atoms with van der Waals surface area (Å²) in [6, 6.07) is 6.59. The molecule has 0 saturated heterocycles. The summed E-state index contributed by atoms with van der Waals surface area (Å²) in [5.74, 6) is -2.26. The Morgan fingerprint density at radius 3 is 2.17 bits per heavy atom. The zero-order valence-electron chi connectivity index (χ0n) is 9.09. The van der Waals surface area contributed by atoms with Crippen LogP contribution in [0, 0.1) is 0 Å². The second-order valence-corrected chi connectivity index (χ2v) is 4.58. The molecule has 1 aromatic carbocycles. The summed E-state index contributed by atoms with van der Waals surface area (Å²) in [7, 11) is 0. The molecule has 5 nitrogen and oxygen atoms in total. The molecule has 0 aliphatic heterocycles. The van der Waals surface area contributed by atoms with Crippen LogP contribution in [0.3, 0.4) is 0 Å². The highest BCUT2D eigenvalue weighted by molar-refractivity contribution is 6.53. The smallest absolute Gasteiger partial charge is 0.329 e. The monoisotopic (exact) mass is 291 g/mol. The molecule has 0 aliphatic carbocycles. The van der Waals surface area contributed by atoms with Gasteiger partial charge in [0, 0.05) is 0 Å². The van der Waals surface area contributed by atoms with Crippen molar-refractivity contribution in [3.63, 3.8) is 0 Å². The van der Waals surface area contributed by atoms with Crippen LogP contribution in [0.4, 0.5) is 0 Å². The maximum absolute atomic E-state index is 11.2. The zero-order chi connectivity index (χ0) is 13.7. The number of halogens is 2. The first-order chi connectivity index (χ1) is 8.43. The Bertz CT molecular complexity index is 424. The summed E-state index contributed by atoms with van der Waals surface area (Å²) in [4.78, 5) is 20.9. The highest BCUT2D eigenvalue weighted by atomic mass is 35.5. The van der Waals surface area contributed by atoms with Gasteiger partial charge in [-0.05, 0) is 5.56 Å². The van der Waals surface area contributed by atoms with E-state index in [1.54, 1.807) is 30.3 Å². The van der Waals surface area contributed by atoms with E-state index in [1.165, 1.54) is 0 Å². The molecular weight excluding hydrogens is 281 g/mol. The van der Waals surface area contributed by atoms with Gasteiger partial charge in [0.05, 0.1) is 0 Å². The van der Waals surface area contributed by atoms with Crippen molar-refractivity contribution in [2.75, 3.05) is 0 Å². The molecule has 0 fully saturated rings. The Labute approximate surface area is 113 Å². The molecule has 98 valence electrons. The van der Waals surface area contributed by atoms with E-state index in [2.05, 4.69) is 5.32 Å². The van der Waals surface area contributed by atoms with Crippen LogP contribution in [-0.4, -0.2) is 33.0 Å². The minimum absolute atomic E-state index is 0.367. The minimum atomic E-state index is -1.51. The number of carboxylic acid groups (broad SMARTS) is 1. The van der Waals surface area contributed by atoms with Gasteiger partial charge < -0.3 is 15.5 Å². The average Bonchev–Trinajstić information content (AvgIpc) is 2.35. The fourth-order valence-corrected chi connectivity index (χ4v) is 1.46. The zero-order valence-corrected chi connectivity index (χ0v) is 10.6. The highest BCUT2D eigenvalue weighted by Gasteiger charge is 2.30. The molecule has 18 heavy (non-hydrogen) atoms. The van der Waals surface area contributed by atoms with Gasteiger partial charge in [-0.1, -0.05) is 53.5 Å². The van der Waals surface area contributed by atoms with Crippen LogP contribution in [0.25, 0.3) is 0 Å². The molecular formula is C11H11Cl2NO4. The summed E-state index contributed by atoms with van der Waals surface area (Å²) in [5.41, 5.74) is 0.367. The molecule has 1 amide bonds. The Morgan fingerprint density at radius 1 is 1.17 bits per heavy atom. The van der Waals surface area contributed by atoms with Crippen LogP contribution in [0.15, 0.2) is 30.3 Å². The number of carboxylic acids is 1. The van der Waals surface area contributed by atoms with Crippen molar-refractivity contribution >= 4 is 35.1 Å². The second-order valence-electron chi connectivity index (χ2n) is 3.48. The first-order valence-corrected chi connectivity index (χ1v) is 5.85. The summed E-state index contributed by atoms with van der Waals surface area (Å²) in [5, 5.41) is 20.9. The third kappa shape index (κ3) is 3.87. The molecule has 1 rings (SSSR count). The first kappa shape index (κ1) is 14.8. The molecule has 0 aromatic heterocycles. The van der Waals surface area contributed by atoms with Gasteiger partial charge in [0.1, 0.15) is 6.10 Å². The molecule has 0 radical (unpaired) electrons. The van der Waals surface area contributed by atoms with E-state index in [0.29, 0.717) is 5.56 Å². The van der Waals surface area contributed by atoms with Crippen LogP contribution in [0.1, 0.15) is 11.7 Å². The third-order valence-electron chi connectivity index (χ3n) is 2.22. The van der Waals surface area contributed by atoms with Crippen molar-refractivity contribution in [2.45, 2.75) is 17.0 Å². The molecule has 1 aromatic rings. The lowest BCUT2D eigenvalue weighted by Gasteiger charge is -2.20. The number of benzene rings is 1. The predicted octanol–water partition coefficient (Wildman–Crippen LogP) is 1.09. The highest BCUT2D eigenvalue weighted by Crippen LogP contribution is 2.17. The molecule has 2 atom stereocenters. The second kappa shape index (κ2) is 6.58. The van der Waals surface area contributed by atoms with Crippen molar-refractivity contribution in [2.24, 2.45) is 0 Å². The van der Waals surface area contributed by atoms with Gasteiger partial charge in [0.2, 0.25) is 0 Å². The van der Waals surface area contributed by atoms with Gasteiger partial charge in [0.25, 0.3) is 5.91 Å². The van der Waals surface area contributed by atoms with Crippen LogP contribution in [-0.2, 0) is 9.59 Å². The van der Waals surface area contributed by atoms with E-state index in [9.17, 15) is 14.7 Å². The molecule has 0 aliphatic rings. The van der Waals surface area contributed by atoms with Crippen LogP contribution >= 0.6 is 23.2 Å². The van der Waals surface area contributed by atoms with Gasteiger partial charge in [-0.2, -0.15) is 0 Å². The molecule has 0 bridgehead atoms. The van der Waals surface area contributed by atoms with Crippen LogP contribution < -0.4 is 5.32 Å². The van der Waals surface area contributed by atoms with Crippen LogP contribution in [0.2, 0.25) is 0 Å². The van der Waals surface area contributed by atoms with Gasteiger partial charge >= 0.3 is 5.97 Å². The van der Waals surface area contributed by atoms with E-state index in [-0.39, 0.29) is 0 Å². The Kier molecular flexibility index (Phi) is 5.40. The van der Waals surface area contributed by atoms with E-state index in [4.69, 9.17) is 28.3 Å². The normalized spacial score (nSPS) is 14.0. The SMILES string of the molecule is O=C(N[C@@H](C(=O)O)[C@@H](O)c1ccccc1)C(Cl)Cl. The summed E-state index contributed by atoms with van der Waals surface area (Å²) in [6.45, 7) is 0. The number of nitrogens with one attached hydrogen (secondary N) is 1. The number of alkyl halides is 2. The molecule has 0 heterocycles. The van der Waals surface area contributed by atoms with E-state index in [0.717, 1.165) is 0 Å². The number of aliphatic hydroxyl groups excluding tert-OH is 1. The maximum atomic E-state index is 11.2. The summed E-state index contributed by atoms with van der Waals surface area (Å²) < 4.78 is 0. The summed E-state index contributed by atoms with van der Waals surface area (Å²) >= 11 is 10.6. The standard InChI is InChI=1S/C11H11Cl2NO4/c12-9(13)10(16)14-7(11(17)18)8(15)6-4-2-1-3-5-6/h1-5,7-9,15H,(H,14,16)(H,17,18)/t7-,8+/m1/s1. The van der Waals surface area contributed by atoms with Crippen molar-refractivity contribution in [3.8, 4) is 0 Å². The Balaban J connectivity index is 2.86. The average molecular weight is 292 g/mol. The van der Waals surface area contributed by atoms with Gasteiger partial charge in [-0.3, -0.25) is 4.79 Å². The Hall–Kier alpha value is -1.30. The first-order valence-electron chi connectivity index (χ1n) is 4.98. The van der Waals surface area contributed by atoms with Crippen molar-refractivity contribution in [1.29, 1.82) is 0 Å². The van der Waals surface area contributed by atoms with Crippen molar-refractivity contribution < 1.29 is 19.8 Å². The molecule has 0 unspecified atom stereocenters. The van der Waals surface area contributed by atoms with E-state index in [1.807, 2.05) is 0 Å². The Morgan fingerprint density at radius 2 is 1.72 bits per heavy atom. The molecule has 0 spiro atoms. The van der Waals surface area contributed by atoms with Gasteiger partial charge in [-0.15, -0.1) is 0 Å². The molecule has 3 N–H and O–H groups in total. The van der Waals surface area contributed by atoms with Gasteiger partial charge in [0.15, 0.2) is 10.9 Å².